The lowest BCUT2D eigenvalue weighted by atomic mass is 10.1. The number of methoxy groups -OCH3 is 1. The van der Waals surface area contributed by atoms with Gasteiger partial charge in [0.2, 0.25) is 0 Å². The molecule has 1 aromatic rings. The molecule has 0 saturated carbocycles. The summed E-state index contributed by atoms with van der Waals surface area (Å²) in [4.78, 5) is 15.7. The van der Waals surface area contributed by atoms with Crippen LogP contribution >= 0.6 is 24.0 Å². The van der Waals surface area contributed by atoms with Crippen LogP contribution in [-0.4, -0.2) is 39.2 Å². The van der Waals surface area contributed by atoms with Gasteiger partial charge in [-0.25, -0.2) is 4.99 Å². The van der Waals surface area contributed by atoms with Crippen LogP contribution in [0.1, 0.15) is 15.9 Å². The van der Waals surface area contributed by atoms with E-state index in [0.717, 1.165) is 5.56 Å². The number of guanidine groups is 1. The van der Waals surface area contributed by atoms with Crippen LogP contribution in [-0.2, 0) is 11.3 Å². The van der Waals surface area contributed by atoms with Gasteiger partial charge in [-0.05, 0) is 17.7 Å². The summed E-state index contributed by atoms with van der Waals surface area (Å²) in [6.07, 6.45) is 0. The van der Waals surface area contributed by atoms with Gasteiger partial charge >= 0.3 is 0 Å². The first kappa shape index (κ1) is 18.7. The predicted octanol–water partition coefficient (Wildman–Crippen LogP) is 0.715. The van der Waals surface area contributed by atoms with E-state index in [1.165, 1.54) is 0 Å². The van der Waals surface area contributed by atoms with Gasteiger partial charge in [0.15, 0.2) is 5.96 Å². The van der Waals surface area contributed by atoms with Crippen molar-refractivity contribution in [1.29, 1.82) is 0 Å². The molecule has 0 saturated heterocycles. The van der Waals surface area contributed by atoms with Gasteiger partial charge < -0.3 is 21.1 Å². The third-order valence-electron chi connectivity index (χ3n) is 2.46. The van der Waals surface area contributed by atoms with Gasteiger partial charge in [0.1, 0.15) is 0 Å². The highest BCUT2D eigenvalue weighted by Gasteiger charge is 2.03. The number of benzene rings is 1. The summed E-state index contributed by atoms with van der Waals surface area (Å²) in [5.74, 6) is 0.249. The SMILES string of the molecule is CNC(=O)c1cccc(CN=C(N)NCCOC)c1.I. The highest BCUT2D eigenvalue weighted by atomic mass is 127. The number of rotatable bonds is 6. The van der Waals surface area contributed by atoms with Crippen LogP contribution < -0.4 is 16.4 Å². The Morgan fingerprint density at radius 2 is 2.20 bits per heavy atom. The minimum absolute atomic E-state index is 0. The van der Waals surface area contributed by atoms with E-state index in [-0.39, 0.29) is 29.9 Å². The second-order valence-corrected chi connectivity index (χ2v) is 3.90. The standard InChI is InChI=1S/C13H20N4O2.HI/c1-15-12(18)11-5-3-4-10(8-11)9-17-13(14)16-6-7-19-2;/h3-5,8H,6-7,9H2,1-2H3,(H,15,18)(H3,14,16,17);1H. The zero-order valence-corrected chi connectivity index (χ0v) is 14.0. The Hall–Kier alpha value is -1.35. The molecule has 0 bridgehead atoms. The lowest BCUT2D eigenvalue weighted by Crippen LogP contribution is -2.34. The Kier molecular flexibility index (Phi) is 9.73. The molecule has 0 atom stereocenters. The first-order valence-electron chi connectivity index (χ1n) is 6.01. The van der Waals surface area contributed by atoms with Gasteiger partial charge in [0.05, 0.1) is 13.2 Å². The summed E-state index contributed by atoms with van der Waals surface area (Å²) in [7, 11) is 3.23. The Bertz CT molecular complexity index is 452. The van der Waals surface area contributed by atoms with E-state index in [2.05, 4.69) is 15.6 Å². The van der Waals surface area contributed by atoms with Crippen molar-refractivity contribution in [1.82, 2.24) is 10.6 Å². The molecule has 6 nitrogen and oxygen atoms in total. The number of nitrogens with zero attached hydrogens (tertiary/aromatic N) is 1. The van der Waals surface area contributed by atoms with Gasteiger partial charge in [-0.3, -0.25) is 4.79 Å². The minimum Gasteiger partial charge on any atom is -0.383 e. The fourth-order valence-corrected chi connectivity index (χ4v) is 1.47. The predicted molar refractivity (Wildman–Crippen MR) is 90.5 cm³/mol. The molecule has 112 valence electrons. The smallest absolute Gasteiger partial charge is 0.251 e. The molecule has 0 aliphatic rings. The zero-order valence-electron chi connectivity index (χ0n) is 11.7. The van der Waals surface area contributed by atoms with E-state index in [9.17, 15) is 4.79 Å². The van der Waals surface area contributed by atoms with Crippen LogP contribution in [0.25, 0.3) is 0 Å². The zero-order chi connectivity index (χ0) is 14.1. The lowest BCUT2D eigenvalue weighted by molar-refractivity contribution is 0.0963. The van der Waals surface area contributed by atoms with E-state index >= 15 is 0 Å². The Morgan fingerprint density at radius 1 is 1.45 bits per heavy atom. The lowest BCUT2D eigenvalue weighted by Gasteiger charge is -2.05. The molecule has 4 N–H and O–H groups in total. The van der Waals surface area contributed by atoms with Gasteiger partial charge in [0.25, 0.3) is 5.91 Å². The van der Waals surface area contributed by atoms with Crippen molar-refractivity contribution in [2.75, 3.05) is 27.3 Å². The summed E-state index contributed by atoms with van der Waals surface area (Å²) in [5, 5.41) is 5.51. The average molecular weight is 392 g/mol. The van der Waals surface area contributed by atoms with E-state index in [4.69, 9.17) is 10.5 Å². The minimum atomic E-state index is -0.114. The number of amides is 1. The molecule has 7 heteroatoms. The molecule has 0 heterocycles. The normalized spacial score (nSPS) is 10.6. The maximum absolute atomic E-state index is 11.5. The van der Waals surface area contributed by atoms with Gasteiger partial charge in [0, 0.05) is 26.3 Å². The molecule has 0 unspecified atom stereocenters. The van der Waals surface area contributed by atoms with Crippen LogP contribution in [0.15, 0.2) is 29.3 Å². The Balaban J connectivity index is 0.00000361. The number of carbonyl (C=O) groups excluding carboxylic acids is 1. The quantitative estimate of drug-likeness (QED) is 0.288. The second kappa shape index (κ2) is 10.4. The summed E-state index contributed by atoms with van der Waals surface area (Å²) in [6, 6.07) is 7.28. The molecule has 1 rings (SSSR count). The molecule has 0 spiro atoms. The summed E-state index contributed by atoms with van der Waals surface area (Å²) in [6.45, 7) is 1.61. The van der Waals surface area contributed by atoms with Gasteiger partial charge in [-0.2, -0.15) is 0 Å². The molecule has 0 fully saturated rings. The van der Waals surface area contributed by atoms with Crippen molar-refractivity contribution < 1.29 is 9.53 Å². The third-order valence-corrected chi connectivity index (χ3v) is 2.46. The number of nitrogens with two attached hydrogens (primary N) is 1. The number of carbonyl (C=O) groups is 1. The fraction of sp³-hybridized carbons (Fsp3) is 0.385. The monoisotopic (exact) mass is 392 g/mol. The van der Waals surface area contributed by atoms with Crippen molar-refractivity contribution in [2.45, 2.75) is 6.54 Å². The van der Waals surface area contributed by atoms with Crippen molar-refractivity contribution in [3.8, 4) is 0 Å². The van der Waals surface area contributed by atoms with E-state index in [0.29, 0.717) is 31.2 Å². The van der Waals surface area contributed by atoms with Crippen LogP contribution in [0.2, 0.25) is 0 Å². The maximum atomic E-state index is 11.5. The first-order chi connectivity index (χ1) is 9.17. The Labute approximate surface area is 136 Å². The summed E-state index contributed by atoms with van der Waals surface area (Å²) in [5.41, 5.74) is 7.23. The van der Waals surface area contributed by atoms with Crippen LogP contribution in [0, 0.1) is 0 Å². The van der Waals surface area contributed by atoms with E-state index < -0.39 is 0 Å². The highest BCUT2D eigenvalue weighted by molar-refractivity contribution is 14.0. The average Bonchev–Trinajstić information content (AvgIpc) is 2.45. The molecule has 20 heavy (non-hydrogen) atoms. The summed E-state index contributed by atoms with van der Waals surface area (Å²) < 4.78 is 4.89. The molecule has 1 amide bonds. The van der Waals surface area contributed by atoms with Gasteiger partial charge in [-0.15, -0.1) is 24.0 Å². The molecular weight excluding hydrogens is 371 g/mol. The summed E-state index contributed by atoms with van der Waals surface area (Å²) >= 11 is 0. The molecule has 0 aliphatic carbocycles. The number of halogens is 1. The molecule has 0 radical (unpaired) electrons. The number of ether oxygens (including phenoxy) is 1. The van der Waals surface area contributed by atoms with Crippen molar-refractivity contribution in [2.24, 2.45) is 10.7 Å². The van der Waals surface area contributed by atoms with Crippen LogP contribution in [0.3, 0.4) is 0 Å². The van der Waals surface area contributed by atoms with Crippen LogP contribution in [0.4, 0.5) is 0 Å². The van der Waals surface area contributed by atoms with Crippen molar-refractivity contribution in [3.05, 3.63) is 35.4 Å². The number of nitrogens with one attached hydrogen (secondary N) is 2. The highest BCUT2D eigenvalue weighted by Crippen LogP contribution is 2.06. The number of aliphatic imine (C=N–C) groups is 1. The van der Waals surface area contributed by atoms with Gasteiger partial charge in [-0.1, -0.05) is 12.1 Å². The number of hydrogen-bond donors (Lipinski definition) is 3. The molecule has 1 aromatic carbocycles. The second-order valence-electron chi connectivity index (χ2n) is 3.90. The molecule has 0 aromatic heterocycles. The first-order valence-corrected chi connectivity index (χ1v) is 6.01. The third kappa shape index (κ3) is 6.71. The fourth-order valence-electron chi connectivity index (χ4n) is 1.47. The molecule has 0 aliphatic heterocycles. The van der Waals surface area contributed by atoms with Crippen molar-refractivity contribution >= 4 is 35.8 Å². The van der Waals surface area contributed by atoms with Crippen molar-refractivity contribution in [3.63, 3.8) is 0 Å². The molecular formula is C13H21IN4O2. The van der Waals surface area contributed by atoms with Crippen LogP contribution in [0.5, 0.6) is 0 Å². The van der Waals surface area contributed by atoms with E-state index in [1.807, 2.05) is 12.1 Å². The maximum Gasteiger partial charge on any atom is 0.251 e. The Morgan fingerprint density at radius 3 is 2.85 bits per heavy atom. The largest absolute Gasteiger partial charge is 0.383 e. The van der Waals surface area contributed by atoms with E-state index in [1.54, 1.807) is 26.3 Å². The number of hydrogen-bond acceptors (Lipinski definition) is 3. The topological polar surface area (TPSA) is 88.7 Å².